The summed E-state index contributed by atoms with van der Waals surface area (Å²) in [5.41, 5.74) is 5.18. The summed E-state index contributed by atoms with van der Waals surface area (Å²) in [6, 6.07) is 3.69. The zero-order chi connectivity index (χ0) is 12.1. The van der Waals surface area contributed by atoms with Crippen LogP contribution < -0.4 is 10.5 Å². The quantitative estimate of drug-likeness (QED) is 0.778. The molecular formula is C12H14FNO2. The van der Waals surface area contributed by atoms with Crippen LogP contribution in [0.5, 0.6) is 5.75 Å². The van der Waals surface area contributed by atoms with Crippen molar-refractivity contribution >= 4 is 5.91 Å². The maximum absolute atomic E-state index is 12.9. The summed E-state index contributed by atoms with van der Waals surface area (Å²) in [6.07, 6.45) is 2.20. The fourth-order valence-corrected chi connectivity index (χ4v) is 1.30. The molecule has 0 aromatic heterocycles. The predicted octanol–water partition coefficient (Wildman–Crippen LogP) is 2.27. The first-order valence-electron chi connectivity index (χ1n) is 4.91. The van der Waals surface area contributed by atoms with Crippen LogP contribution in [-0.2, 0) is 0 Å². The van der Waals surface area contributed by atoms with Gasteiger partial charge in [0.2, 0.25) is 0 Å². The molecule has 0 radical (unpaired) electrons. The first-order chi connectivity index (χ1) is 7.54. The highest BCUT2D eigenvalue weighted by molar-refractivity contribution is 5.95. The van der Waals surface area contributed by atoms with Crippen LogP contribution in [0.1, 0.15) is 23.7 Å². The number of halogens is 1. The molecule has 2 N–H and O–H groups in total. The molecule has 0 spiro atoms. The van der Waals surface area contributed by atoms with E-state index in [2.05, 4.69) is 6.58 Å². The normalized spacial score (nSPS) is 11.9. The van der Waals surface area contributed by atoms with E-state index in [1.165, 1.54) is 12.1 Å². The van der Waals surface area contributed by atoms with Gasteiger partial charge in [-0.2, -0.15) is 0 Å². The molecule has 3 nitrogen and oxygen atoms in total. The number of nitrogens with two attached hydrogens (primary N) is 1. The van der Waals surface area contributed by atoms with Gasteiger partial charge in [-0.25, -0.2) is 4.39 Å². The molecule has 0 saturated carbocycles. The second-order valence-corrected chi connectivity index (χ2v) is 3.46. The number of benzene rings is 1. The Kier molecular flexibility index (Phi) is 4.05. The largest absolute Gasteiger partial charge is 0.490 e. The van der Waals surface area contributed by atoms with E-state index >= 15 is 0 Å². The topological polar surface area (TPSA) is 52.3 Å². The van der Waals surface area contributed by atoms with Gasteiger partial charge >= 0.3 is 0 Å². The van der Waals surface area contributed by atoms with Gasteiger partial charge in [-0.1, -0.05) is 6.08 Å². The zero-order valence-corrected chi connectivity index (χ0v) is 9.07. The summed E-state index contributed by atoms with van der Waals surface area (Å²) in [6.45, 7) is 5.41. The number of amides is 1. The third kappa shape index (κ3) is 3.08. The first kappa shape index (κ1) is 12.2. The fourth-order valence-electron chi connectivity index (χ4n) is 1.30. The molecule has 1 atom stereocenters. The van der Waals surface area contributed by atoms with Crippen LogP contribution in [0.25, 0.3) is 0 Å². The highest BCUT2D eigenvalue weighted by Crippen LogP contribution is 2.21. The second kappa shape index (κ2) is 5.30. The Bertz CT molecular complexity index is 404. The Labute approximate surface area is 93.7 Å². The molecule has 0 aliphatic carbocycles. The van der Waals surface area contributed by atoms with Gasteiger partial charge < -0.3 is 10.5 Å². The molecule has 0 heterocycles. The fraction of sp³-hybridized carbons (Fsp3) is 0.250. The van der Waals surface area contributed by atoms with Crippen molar-refractivity contribution in [1.82, 2.24) is 0 Å². The van der Waals surface area contributed by atoms with Crippen molar-refractivity contribution < 1.29 is 13.9 Å². The Morgan fingerprint density at radius 3 is 2.94 bits per heavy atom. The van der Waals surface area contributed by atoms with Crippen molar-refractivity contribution in [3.05, 3.63) is 42.2 Å². The van der Waals surface area contributed by atoms with Gasteiger partial charge in [-0.3, -0.25) is 4.79 Å². The van der Waals surface area contributed by atoms with E-state index in [1.807, 2.05) is 6.92 Å². The van der Waals surface area contributed by atoms with Crippen LogP contribution in [-0.4, -0.2) is 12.0 Å². The lowest BCUT2D eigenvalue weighted by Gasteiger charge is -2.14. The molecule has 0 fully saturated rings. The van der Waals surface area contributed by atoms with Crippen LogP contribution in [0, 0.1) is 5.82 Å². The third-order valence-electron chi connectivity index (χ3n) is 2.03. The maximum Gasteiger partial charge on any atom is 0.252 e. The van der Waals surface area contributed by atoms with Crippen LogP contribution in [0.3, 0.4) is 0 Å². The molecule has 1 amide bonds. The summed E-state index contributed by atoms with van der Waals surface area (Å²) in [5, 5.41) is 0. The van der Waals surface area contributed by atoms with Gasteiger partial charge in [0.15, 0.2) is 0 Å². The van der Waals surface area contributed by atoms with E-state index in [9.17, 15) is 9.18 Å². The standard InChI is InChI=1S/C12H14FNO2/c1-3-4-8(2)16-11-6-5-9(13)7-10(11)12(14)15/h3,5-8H,1,4H2,2H3,(H2,14,15). The van der Waals surface area contributed by atoms with E-state index in [0.717, 1.165) is 6.07 Å². The Morgan fingerprint density at radius 1 is 1.69 bits per heavy atom. The van der Waals surface area contributed by atoms with Crippen molar-refractivity contribution in [2.45, 2.75) is 19.4 Å². The van der Waals surface area contributed by atoms with Crippen LogP contribution in [0.2, 0.25) is 0 Å². The van der Waals surface area contributed by atoms with Gasteiger partial charge in [-0.05, 0) is 25.1 Å². The monoisotopic (exact) mass is 223 g/mol. The van der Waals surface area contributed by atoms with Crippen LogP contribution in [0.4, 0.5) is 4.39 Å². The van der Waals surface area contributed by atoms with E-state index in [1.54, 1.807) is 6.08 Å². The SMILES string of the molecule is C=CCC(C)Oc1ccc(F)cc1C(N)=O. The summed E-state index contributed by atoms with van der Waals surface area (Å²) < 4.78 is 18.4. The molecule has 1 rings (SSSR count). The molecule has 1 unspecified atom stereocenters. The van der Waals surface area contributed by atoms with Crippen molar-refractivity contribution in [2.75, 3.05) is 0 Å². The van der Waals surface area contributed by atoms with Crippen molar-refractivity contribution in [3.63, 3.8) is 0 Å². The Balaban J connectivity index is 2.94. The number of hydrogen-bond acceptors (Lipinski definition) is 2. The van der Waals surface area contributed by atoms with Crippen molar-refractivity contribution in [2.24, 2.45) is 5.73 Å². The van der Waals surface area contributed by atoms with Crippen molar-refractivity contribution in [1.29, 1.82) is 0 Å². The van der Waals surface area contributed by atoms with Gasteiger partial charge in [0.05, 0.1) is 11.7 Å². The lowest BCUT2D eigenvalue weighted by Crippen LogP contribution is -2.17. The Hall–Kier alpha value is -1.84. The molecule has 0 aliphatic heterocycles. The molecular weight excluding hydrogens is 209 g/mol. The minimum atomic E-state index is -0.708. The van der Waals surface area contributed by atoms with Gasteiger partial charge in [-0.15, -0.1) is 6.58 Å². The number of carbonyl (C=O) groups excluding carboxylic acids is 1. The number of rotatable bonds is 5. The zero-order valence-electron chi connectivity index (χ0n) is 9.07. The Morgan fingerprint density at radius 2 is 2.38 bits per heavy atom. The van der Waals surface area contributed by atoms with E-state index in [-0.39, 0.29) is 11.7 Å². The highest BCUT2D eigenvalue weighted by atomic mass is 19.1. The smallest absolute Gasteiger partial charge is 0.252 e. The van der Waals surface area contributed by atoms with E-state index in [0.29, 0.717) is 12.2 Å². The number of hydrogen-bond donors (Lipinski definition) is 1. The molecule has 4 heteroatoms. The summed E-state index contributed by atoms with van der Waals surface area (Å²) in [5.74, 6) is -0.930. The van der Waals surface area contributed by atoms with Crippen molar-refractivity contribution in [3.8, 4) is 5.75 Å². The minimum absolute atomic E-state index is 0.0518. The van der Waals surface area contributed by atoms with Crippen LogP contribution in [0.15, 0.2) is 30.9 Å². The highest BCUT2D eigenvalue weighted by Gasteiger charge is 2.12. The second-order valence-electron chi connectivity index (χ2n) is 3.46. The molecule has 0 saturated heterocycles. The molecule has 0 bridgehead atoms. The lowest BCUT2D eigenvalue weighted by atomic mass is 10.2. The average Bonchev–Trinajstić information content (AvgIpc) is 2.20. The minimum Gasteiger partial charge on any atom is -0.490 e. The van der Waals surface area contributed by atoms with Gasteiger partial charge in [0.1, 0.15) is 11.6 Å². The molecule has 16 heavy (non-hydrogen) atoms. The molecule has 0 aliphatic rings. The summed E-state index contributed by atoms with van der Waals surface area (Å²) in [4.78, 5) is 11.1. The van der Waals surface area contributed by atoms with Crippen LogP contribution >= 0.6 is 0 Å². The van der Waals surface area contributed by atoms with E-state index in [4.69, 9.17) is 10.5 Å². The average molecular weight is 223 g/mol. The third-order valence-corrected chi connectivity index (χ3v) is 2.03. The number of ether oxygens (including phenoxy) is 1. The molecule has 86 valence electrons. The number of carbonyl (C=O) groups is 1. The molecule has 1 aromatic rings. The van der Waals surface area contributed by atoms with E-state index < -0.39 is 11.7 Å². The molecule has 1 aromatic carbocycles. The first-order valence-corrected chi connectivity index (χ1v) is 4.91. The maximum atomic E-state index is 12.9. The number of primary amides is 1. The lowest BCUT2D eigenvalue weighted by molar-refractivity contribution is 0.0993. The predicted molar refractivity (Wildman–Crippen MR) is 59.8 cm³/mol. The summed E-state index contributed by atoms with van der Waals surface area (Å²) >= 11 is 0. The van der Waals surface area contributed by atoms with Gasteiger partial charge in [0, 0.05) is 6.42 Å². The van der Waals surface area contributed by atoms with Gasteiger partial charge in [0.25, 0.3) is 5.91 Å². The summed E-state index contributed by atoms with van der Waals surface area (Å²) in [7, 11) is 0.